The molecule has 0 unspecified atom stereocenters. The Morgan fingerprint density at radius 1 is 1.24 bits per heavy atom. The number of alkyl halides is 3. The molecule has 1 aromatic heterocycles. The summed E-state index contributed by atoms with van der Waals surface area (Å²) in [4.78, 5) is 37.9. The van der Waals surface area contributed by atoms with Crippen LogP contribution in [0.3, 0.4) is 0 Å². The Morgan fingerprint density at radius 2 is 1.90 bits per heavy atom. The van der Waals surface area contributed by atoms with Gasteiger partial charge in [-0.1, -0.05) is 6.07 Å². The van der Waals surface area contributed by atoms with E-state index in [4.69, 9.17) is 0 Å². The minimum absolute atomic E-state index is 0.0374. The molecule has 0 aliphatic carbocycles. The van der Waals surface area contributed by atoms with Crippen LogP contribution >= 0.6 is 0 Å². The van der Waals surface area contributed by atoms with Crippen molar-refractivity contribution in [2.45, 2.75) is 33.0 Å². The van der Waals surface area contributed by atoms with Crippen LogP contribution in [0.5, 0.6) is 0 Å². The summed E-state index contributed by atoms with van der Waals surface area (Å²) in [7, 11) is 1.16. The molecular formula is C19H20F3N3O4. The van der Waals surface area contributed by atoms with Crippen molar-refractivity contribution in [3.63, 3.8) is 0 Å². The number of hydrogen-bond donors (Lipinski definition) is 0. The number of ether oxygens (including phenoxy) is 1. The van der Waals surface area contributed by atoms with Crippen molar-refractivity contribution in [3.05, 3.63) is 57.5 Å². The fraction of sp³-hybridized carbons (Fsp3) is 0.368. The summed E-state index contributed by atoms with van der Waals surface area (Å²) in [5.74, 6) is -1.51. The number of halogens is 3. The molecule has 0 fully saturated rings. The molecule has 29 heavy (non-hydrogen) atoms. The van der Waals surface area contributed by atoms with Crippen LogP contribution in [0.1, 0.15) is 35.6 Å². The first-order chi connectivity index (χ1) is 13.5. The lowest BCUT2D eigenvalue weighted by Crippen LogP contribution is -2.43. The first-order valence-electron chi connectivity index (χ1n) is 8.62. The van der Waals surface area contributed by atoms with Crippen LogP contribution in [0.25, 0.3) is 5.69 Å². The van der Waals surface area contributed by atoms with Crippen LogP contribution in [-0.4, -0.2) is 46.3 Å². The Morgan fingerprint density at radius 3 is 2.45 bits per heavy atom. The Kier molecular flexibility index (Phi) is 6.45. The van der Waals surface area contributed by atoms with E-state index in [0.29, 0.717) is 0 Å². The van der Waals surface area contributed by atoms with Crippen LogP contribution in [0.15, 0.2) is 35.1 Å². The van der Waals surface area contributed by atoms with Gasteiger partial charge >= 0.3 is 12.1 Å². The number of carbonyl (C=O) groups is 2. The lowest BCUT2D eigenvalue weighted by Gasteiger charge is -2.25. The first-order valence-corrected chi connectivity index (χ1v) is 8.62. The second kappa shape index (κ2) is 8.46. The van der Waals surface area contributed by atoms with Gasteiger partial charge in [-0.25, -0.2) is 4.68 Å². The van der Waals surface area contributed by atoms with E-state index in [9.17, 15) is 27.6 Å². The van der Waals surface area contributed by atoms with E-state index in [2.05, 4.69) is 9.84 Å². The zero-order valence-corrected chi connectivity index (χ0v) is 16.3. The predicted molar refractivity (Wildman–Crippen MR) is 97.8 cm³/mol. The van der Waals surface area contributed by atoms with Crippen molar-refractivity contribution in [1.29, 1.82) is 0 Å². The van der Waals surface area contributed by atoms with E-state index in [1.54, 1.807) is 13.8 Å². The second-order valence-electron chi connectivity index (χ2n) is 6.56. The molecule has 156 valence electrons. The van der Waals surface area contributed by atoms with E-state index in [1.807, 2.05) is 0 Å². The topological polar surface area (TPSA) is 81.5 Å². The van der Waals surface area contributed by atoms with E-state index < -0.39 is 47.3 Å². The lowest BCUT2D eigenvalue weighted by atomic mass is 10.2. The highest BCUT2D eigenvalue weighted by molar-refractivity contribution is 5.94. The molecule has 7 nitrogen and oxygen atoms in total. The van der Waals surface area contributed by atoms with Crippen molar-refractivity contribution < 1.29 is 27.5 Å². The number of rotatable bonds is 5. The Hall–Kier alpha value is -3.17. The van der Waals surface area contributed by atoms with Gasteiger partial charge in [0.1, 0.15) is 6.54 Å². The van der Waals surface area contributed by atoms with Crippen molar-refractivity contribution >= 4 is 11.9 Å². The summed E-state index contributed by atoms with van der Waals surface area (Å²) in [6.45, 7) is 4.36. The zero-order chi connectivity index (χ0) is 21.9. The van der Waals surface area contributed by atoms with E-state index in [0.717, 1.165) is 34.9 Å². The van der Waals surface area contributed by atoms with Gasteiger partial charge in [0.2, 0.25) is 5.43 Å². The third-order valence-corrected chi connectivity index (χ3v) is 4.14. The van der Waals surface area contributed by atoms with Gasteiger partial charge < -0.3 is 9.64 Å². The molecular weight excluding hydrogens is 391 g/mol. The quantitative estimate of drug-likeness (QED) is 0.707. The first kappa shape index (κ1) is 22.1. The number of hydrogen-bond acceptors (Lipinski definition) is 5. The van der Waals surface area contributed by atoms with E-state index in [-0.39, 0.29) is 11.4 Å². The van der Waals surface area contributed by atoms with Gasteiger partial charge in [-0.05, 0) is 39.0 Å². The average Bonchev–Trinajstić information content (AvgIpc) is 2.64. The summed E-state index contributed by atoms with van der Waals surface area (Å²) < 4.78 is 44.7. The van der Waals surface area contributed by atoms with Crippen molar-refractivity contribution in [2.24, 2.45) is 0 Å². The minimum atomic E-state index is -4.56. The molecule has 0 bridgehead atoms. The predicted octanol–water partition coefficient (Wildman–Crippen LogP) is 2.58. The maximum Gasteiger partial charge on any atom is 0.416 e. The molecule has 0 N–H and O–H groups in total. The number of nitrogens with zero attached hydrogens (tertiary/aromatic N) is 3. The lowest BCUT2D eigenvalue weighted by molar-refractivity contribution is -0.141. The highest BCUT2D eigenvalue weighted by atomic mass is 19.4. The molecule has 0 aliphatic heterocycles. The Labute approximate surface area is 164 Å². The van der Waals surface area contributed by atoms with E-state index >= 15 is 0 Å². The maximum atomic E-state index is 13.0. The fourth-order valence-electron chi connectivity index (χ4n) is 2.60. The minimum Gasteiger partial charge on any atom is -0.468 e. The highest BCUT2D eigenvalue weighted by Gasteiger charge is 2.31. The number of methoxy groups -OCH3 is 1. The normalized spacial score (nSPS) is 11.4. The molecule has 0 radical (unpaired) electrons. The van der Waals surface area contributed by atoms with E-state index in [1.165, 1.54) is 19.1 Å². The molecule has 2 aromatic rings. The third-order valence-electron chi connectivity index (χ3n) is 4.14. The van der Waals surface area contributed by atoms with Crippen molar-refractivity contribution in [3.8, 4) is 5.69 Å². The van der Waals surface area contributed by atoms with Gasteiger partial charge in [0.05, 0.1) is 18.4 Å². The second-order valence-corrected chi connectivity index (χ2v) is 6.56. The van der Waals surface area contributed by atoms with Crippen LogP contribution in [-0.2, 0) is 15.7 Å². The highest BCUT2D eigenvalue weighted by Crippen LogP contribution is 2.30. The standard InChI is InChI=1S/C19H20F3N3O4/c1-11(2)24(10-16(27)29-4)18(28)17-15(26)8-12(3)25(23-17)14-7-5-6-13(9-14)19(20,21)22/h5-9,11H,10H2,1-4H3. The van der Waals surface area contributed by atoms with Gasteiger partial charge in [-0.3, -0.25) is 14.4 Å². The average molecular weight is 411 g/mol. The maximum absolute atomic E-state index is 13.0. The van der Waals surface area contributed by atoms with Crippen LogP contribution in [0.4, 0.5) is 13.2 Å². The fourth-order valence-corrected chi connectivity index (χ4v) is 2.60. The van der Waals surface area contributed by atoms with Crippen LogP contribution < -0.4 is 5.43 Å². The van der Waals surface area contributed by atoms with Gasteiger partial charge in [0.15, 0.2) is 5.69 Å². The summed E-state index contributed by atoms with van der Waals surface area (Å²) >= 11 is 0. The Bertz CT molecular complexity index is 983. The van der Waals surface area contributed by atoms with Gasteiger partial charge in [-0.15, -0.1) is 0 Å². The number of aromatic nitrogens is 2. The number of aryl methyl sites for hydroxylation is 1. The molecule has 1 amide bonds. The summed E-state index contributed by atoms with van der Waals surface area (Å²) in [5.41, 5.74) is -1.82. The van der Waals surface area contributed by atoms with Gasteiger partial charge in [-0.2, -0.15) is 18.3 Å². The number of benzene rings is 1. The zero-order valence-electron chi connectivity index (χ0n) is 16.3. The van der Waals surface area contributed by atoms with Crippen molar-refractivity contribution in [1.82, 2.24) is 14.7 Å². The Balaban J connectivity index is 2.55. The molecule has 0 atom stereocenters. The number of carbonyl (C=O) groups excluding carboxylic acids is 2. The van der Waals surface area contributed by atoms with Crippen LogP contribution in [0, 0.1) is 6.92 Å². The molecule has 10 heteroatoms. The smallest absolute Gasteiger partial charge is 0.416 e. The van der Waals surface area contributed by atoms with Gasteiger partial charge in [0, 0.05) is 17.8 Å². The monoisotopic (exact) mass is 411 g/mol. The molecule has 0 spiro atoms. The van der Waals surface area contributed by atoms with Crippen molar-refractivity contribution in [2.75, 3.05) is 13.7 Å². The SMILES string of the molecule is COC(=O)CN(C(=O)c1nn(-c2cccc(C(F)(F)F)c2)c(C)cc1=O)C(C)C. The molecule has 1 heterocycles. The number of esters is 1. The van der Waals surface area contributed by atoms with Gasteiger partial charge in [0.25, 0.3) is 5.91 Å². The van der Waals surface area contributed by atoms with Crippen LogP contribution in [0.2, 0.25) is 0 Å². The molecule has 1 aromatic carbocycles. The summed E-state index contributed by atoms with van der Waals surface area (Å²) in [5, 5.41) is 4.00. The number of amides is 1. The summed E-state index contributed by atoms with van der Waals surface area (Å²) in [6, 6.07) is 5.01. The molecule has 0 saturated carbocycles. The molecule has 2 rings (SSSR count). The third kappa shape index (κ3) is 5.01. The summed E-state index contributed by atoms with van der Waals surface area (Å²) in [6.07, 6.45) is -4.56. The largest absolute Gasteiger partial charge is 0.468 e. The molecule has 0 aliphatic rings. The molecule has 0 saturated heterocycles.